The van der Waals surface area contributed by atoms with Crippen LogP contribution < -0.4 is 5.32 Å². The van der Waals surface area contributed by atoms with E-state index in [1.54, 1.807) is 23.1 Å². The molecule has 4 atom stereocenters. The van der Waals surface area contributed by atoms with E-state index in [9.17, 15) is 14.7 Å². The maximum Gasteiger partial charge on any atom is 0.307 e. The summed E-state index contributed by atoms with van der Waals surface area (Å²) < 4.78 is 4.04. The minimum atomic E-state index is -0.890. The van der Waals surface area contributed by atoms with Crippen molar-refractivity contribution in [1.82, 2.24) is 4.98 Å². The number of fused-ring (bicyclic) bond motifs is 3. The average Bonchev–Trinajstić information content (AvgIpc) is 3.46. The first-order chi connectivity index (χ1) is 15.4. The van der Waals surface area contributed by atoms with Gasteiger partial charge in [0.1, 0.15) is 0 Å². The fraction of sp³-hybridized carbons (Fsp3) is 0.261. The Kier molecular flexibility index (Phi) is 6.17. The first-order valence-corrected chi connectivity index (χ1v) is 13.5. The number of amides is 1. The first kappa shape index (κ1) is 22.1. The van der Waals surface area contributed by atoms with Crippen molar-refractivity contribution in [2.24, 2.45) is 23.7 Å². The molecule has 1 amide bonds. The summed E-state index contributed by atoms with van der Waals surface area (Å²) in [6, 6.07) is 11.8. The zero-order chi connectivity index (χ0) is 22.4. The number of nitrogens with one attached hydrogen (secondary N) is 1. The Bertz CT molecular complexity index is 1260. The molecule has 1 heterocycles. The van der Waals surface area contributed by atoms with E-state index in [0.717, 1.165) is 35.7 Å². The fourth-order valence-electron chi connectivity index (χ4n) is 4.56. The van der Waals surface area contributed by atoms with Crippen LogP contribution in [0, 0.1) is 23.7 Å². The molecule has 3 aromatic rings. The van der Waals surface area contributed by atoms with Gasteiger partial charge in [-0.05, 0) is 54.2 Å². The van der Waals surface area contributed by atoms with Crippen molar-refractivity contribution in [3.63, 3.8) is 0 Å². The summed E-state index contributed by atoms with van der Waals surface area (Å²) in [5.41, 5.74) is 2.75. The summed E-state index contributed by atoms with van der Waals surface area (Å²) in [5, 5.41) is 12.6. The number of thiazole rings is 1. The predicted molar refractivity (Wildman–Crippen MR) is 135 cm³/mol. The van der Waals surface area contributed by atoms with E-state index in [4.69, 9.17) is 4.98 Å². The molecule has 164 valence electrons. The monoisotopic (exact) mass is 592 g/mol. The lowest BCUT2D eigenvalue weighted by molar-refractivity contribution is -0.146. The molecule has 1 aromatic heterocycles. The van der Waals surface area contributed by atoms with Crippen molar-refractivity contribution >= 4 is 82.7 Å². The number of aromatic nitrogens is 1. The fourth-order valence-corrected chi connectivity index (χ4v) is 8.05. The molecule has 0 aliphatic heterocycles. The highest BCUT2D eigenvalue weighted by Crippen LogP contribution is 2.48. The third-order valence-corrected chi connectivity index (χ3v) is 9.49. The predicted octanol–water partition coefficient (Wildman–Crippen LogP) is 6.58. The SMILES string of the molecule is O=C(O)[C@@H]1[C@@H](C(=O)Nc2ccc3nc(SCc4ccc(Br)cc4Br)sc3c2)[C@H]2C=C[C@H]1C2. The van der Waals surface area contributed by atoms with E-state index in [-0.39, 0.29) is 17.7 Å². The first-order valence-electron chi connectivity index (χ1n) is 10.1. The maximum absolute atomic E-state index is 12.9. The highest BCUT2D eigenvalue weighted by atomic mass is 79.9. The van der Waals surface area contributed by atoms with E-state index in [0.29, 0.717) is 5.69 Å². The number of halogens is 2. The van der Waals surface area contributed by atoms with E-state index >= 15 is 0 Å². The summed E-state index contributed by atoms with van der Waals surface area (Å²) in [4.78, 5) is 29.3. The molecular formula is C23H18Br2N2O3S2. The lowest BCUT2D eigenvalue weighted by Gasteiger charge is -2.23. The highest BCUT2D eigenvalue weighted by molar-refractivity contribution is 9.11. The van der Waals surface area contributed by atoms with E-state index in [1.165, 1.54) is 5.56 Å². The lowest BCUT2D eigenvalue weighted by Crippen LogP contribution is -2.36. The van der Waals surface area contributed by atoms with Crippen molar-refractivity contribution in [3.05, 3.63) is 63.1 Å². The van der Waals surface area contributed by atoms with Gasteiger partial charge in [-0.25, -0.2) is 4.98 Å². The Labute approximate surface area is 210 Å². The van der Waals surface area contributed by atoms with Gasteiger partial charge in [-0.3, -0.25) is 9.59 Å². The van der Waals surface area contributed by atoms with Crippen molar-refractivity contribution in [2.45, 2.75) is 16.5 Å². The second-order valence-corrected chi connectivity index (χ2v) is 12.0. The standard InChI is InChI=1S/C23H18Br2N2O3S2/c24-14-4-3-13(16(25)8-14)10-31-23-27-17-6-5-15(9-18(17)32-23)26-21(28)19-11-1-2-12(7-11)20(19)22(29)30/h1-6,8-9,11-12,19-20H,7,10H2,(H,26,28)(H,29,30)/t11-,12-,19-,20-/m0/s1. The largest absolute Gasteiger partial charge is 0.481 e. The maximum atomic E-state index is 12.9. The molecule has 2 aliphatic rings. The van der Waals surface area contributed by atoms with Crippen LogP contribution in [0.15, 0.2) is 61.8 Å². The van der Waals surface area contributed by atoms with Crippen molar-refractivity contribution in [1.29, 1.82) is 0 Å². The van der Waals surface area contributed by atoms with Gasteiger partial charge in [-0.2, -0.15) is 0 Å². The minimum absolute atomic E-state index is 0.00849. The number of allylic oxidation sites excluding steroid dienone is 2. The summed E-state index contributed by atoms with van der Waals surface area (Å²) in [6.45, 7) is 0. The van der Waals surface area contributed by atoms with Crippen LogP contribution in [0.5, 0.6) is 0 Å². The third-order valence-electron chi connectivity index (χ3n) is 6.05. The van der Waals surface area contributed by atoms with Gasteiger partial charge in [0.25, 0.3) is 0 Å². The van der Waals surface area contributed by atoms with E-state index in [1.807, 2.05) is 42.5 Å². The smallest absolute Gasteiger partial charge is 0.307 e. The number of thioether (sulfide) groups is 1. The lowest BCUT2D eigenvalue weighted by atomic mass is 9.82. The van der Waals surface area contributed by atoms with Gasteiger partial charge in [0.15, 0.2) is 4.34 Å². The molecule has 1 saturated carbocycles. The molecule has 0 saturated heterocycles. The Morgan fingerprint density at radius 1 is 1.12 bits per heavy atom. The molecule has 5 nitrogen and oxygen atoms in total. The van der Waals surface area contributed by atoms with Crippen molar-refractivity contribution in [2.75, 3.05) is 5.32 Å². The number of hydrogen-bond acceptors (Lipinski definition) is 5. The van der Waals surface area contributed by atoms with Crippen LogP contribution in [0.1, 0.15) is 12.0 Å². The number of aliphatic carboxylic acids is 1. The number of carbonyl (C=O) groups is 2. The van der Waals surface area contributed by atoms with Crippen molar-refractivity contribution < 1.29 is 14.7 Å². The van der Waals surface area contributed by atoms with Crippen LogP contribution in [-0.4, -0.2) is 22.0 Å². The van der Waals surface area contributed by atoms with Gasteiger partial charge in [0.05, 0.1) is 22.1 Å². The summed E-state index contributed by atoms with van der Waals surface area (Å²) in [6.07, 6.45) is 4.69. The molecule has 0 unspecified atom stereocenters. The average molecular weight is 594 g/mol. The Balaban J connectivity index is 1.29. The number of carboxylic acids is 1. The van der Waals surface area contributed by atoms with Crippen LogP contribution >= 0.6 is 55.0 Å². The molecule has 32 heavy (non-hydrogen) atoms. The molecule has 2 aliphatic carbocycles. The van der Waals surface area contributed by atoms with E-state index in [2.05, 4.69) is 43.2 Å². The molecular weight excluding hydrogens is 576 g/mol. The Morgan fingerprint density at radius 2 is 1.91 bits per heavy atom. The topological polar surface area (TPSA) is 79.3 Å². The normalized spacial score (nSPS) is 23.7. The quantitative estimate of drug-likeness (QED) is 0.249. The van der Waals surface area contributed by atoms with Crippen LogP contribution in [0.4, 0.5) is 5.69 Å². The Morgan fingerprint density at radius 3 is 2.66 bits per heavy atom. The Hall–Kier alpha value is -1.68. The number of carbonyl (C=O) groups excluding carboxylic acids is 1. The zero-order valence-corrected chi connectivity index (χ0v) is 21.4. The molecule has 9 heteroatoms. The van der Waals surface area contributed by atoms with Crippen LogP contribution in [0.3, 0.4) is 0 Å². The second-order valence-electron chi connectivity index (χ2n) is 8.01. The van der Waals surface area contributed by atoms with Crippen LogP contribution in [0.2, 0.25) is 0 Å². The molecule has 1 fully saturated rings. The molecule has 2 bridgehead atoms. The summed E-state index contributed by atoms with van der Waals surface area (Å²) in [7, 11) is 0. The van der Waals surface area contributed by atoms with Crippen LogP contribution in [-0.2, 0) is 15.3 Å². The van der Waals surface area contributed by atoms with Crippen LogP contribution in [0.25, 0.3) is 10.2 Å². The van der Waals surface area contributed by atoms with Gasteiger partial charge in [-0.15, -0.1) is 11.3 Å². The van der Waals surface area contributed by atoms with Gasteiger partial charge < -0.3 is 10.4 Å². The number of benzene rings is 2. The number of carboxylic acid groups (broad SMARTS) is 1. The molecule has 0 radical (unpaired) electrons. The van der Waals surface area contributed by atoms with Gasteiger partial charge in [0.2, 0.25) is 5.91 Å². The highest BCUT2D eigenvalue weighted by Gasteiger charge is 2.51. The number of rotatable bonds is 6. The summed E-state index contributed by atoms with van der Waals surface area (Å²) in [5.74, 6) is -1.50. The zero-order valence-electron chi connectivity index (χ0n) is 16.6. The minimum Gasteiger partial charge on any atom is -0.481 e. The number of nitrogens with zero attached hydrogens (tertiary/aromatic N) is 1. The van der Waals surface area contributed by atoms with Gasteiger partial charge in [-0.1, -0.05) is 61.8 Å². The van der Waals surface area contributed by atoms with Crippen molar-refractivity contribution in [3.8, 4) is 0 Å². The number of anilines is 1. The molecule has 2 N–H and O–H groups in total. The summed E-state index contributed by atoms with van der Waals surface area (Å²) >= 11 is 10.3. The molecule has 2 aromatic carbocycles. The number of hydrogen-bond donors (Lipinski definition) is 2. The molecule has 5 rings (SSSR count). The second kappa shape index (κ2) is 8.93. The van der Waals surface area contributed by atoms with E-state index < -0.39 is 17.8 Å². The molecule has 0 spiro atoms. The van der Waals surface area contributed by atoms with Gasteiger partial charge in [0, 0.05) is 20.4 Å². The third kappa shape index (κ3) is 4.27. The van der Waals surface area contributed by atoms with Gasteiger partial charge >= 0.3 is 5.97 Å².